The van der Waals surface area contributed by atoms with E-state index in [2.05, 4.69) is 9.93 Å². The third-order valence-corrected chi connectivity index (χ3v) is 4.89. The van der Waals surface area contributed by atoms with Gasteiger partial charge >= 0.3 is 0 Å². The summed E-state index contributed by atoms with van der Waals surface area (Å²) in [5, 5.41) is 4.44. The maximum absolute atomic E-state index is 12.4. The van der Waals surface area contributed by atoms with Crippen LogP contribution in [0, 0.1) is 0 Å². The van der Waals surface area contributed by atoms with Crippen molar-refractivity contribution < 1.29 is 17.9 Å². The summed E-state index contributed by atoms with van der Waals surface area (Å²) in [4.78, 5) is 2.01. The molecule has 0 unspecified atom stereocenters. The number of sulfonamides is 1. The second-order valence-electron chi connectivity index (χ2n) is 5.50. The number of nitrogens with one attached hydrogen (secondary N) is 1. The molecule has 0 aliphatic carbocycles. The molecule has 26 heavy (non-hydrogen) atoms. The lowest BCUT2D eigenvalue weighted by Gasteiger charge is -2.11. The van der Waals surface area contributed by atoms with Crippen LogP contribution in [0.25, 0.3) is 0 Å². The van der Waals surface area contributed by atoms with Gasteiger partial charge in [-0.15, -0.1) is 0 Å². The molecule has 0 amide bonds. The van der Waals surface area contributed by atoms with Crippen molar-refractivity contribution >= 4 is 39.4 Å². The number of hydrazone groups is 1. The van der Waals surface area contributed by atoms with Crippen molar-refractivity contribution in [2.45, 2.75) is 24.8 Å². The molecule has 0 atom stereocenters. The summed E-state index contributed by atoms with van der Waals surface area (Å²) in [6, 6.07) is 9.31. The van der Waals surface area contributed by atoms with Crippen LogP contribution in [0.3, 0.4) is 0 Å². The zero-order chi connectivity index (χ0) is 19.3. The van der Waals surface area contributed by atoms with Crippen LogP contribution in [0.1, 0.15) is 19.4 Å². The van der Waals surface area contributed by atoms with Crippen molar-refractivity contribution in [2.75, 3.05) is 7.11 Å². The second kappa shape index (κ2) is 8.62. The molecule has 0 aliphatic rings. The molecule has 6 nitrogen and oxygen atoms in total. The number of ether oxygens (including phenoxy) is 2. The van der Waals surface area contributed by atoms with E-state index in [1.807, 2.05) is 13.8 Å². The maximum atomic E-state index is 12.4. The third-order valence-electron chi connectivity index (χ3n) is 3.12. The zero-order valence-corrected chi connectivity index (χ0v) is 16.7. The highest BCUT2D eigenvalue weighted by molar-refractivity contribution is 7.89. The summed E-state index contributed by atoms with van der Waals surface area (Å²) in [5.74, 6) is 0.707. The Labute approximate surface area is 162 Å². The highest BCUT2D eigenvalue weighted by Gasteiger charge is 2.19. The normalized spacial score (nSPS) is 11.8. The van der Waals surface area contributed by atoms with Gasteiger partial charge in [0.1, 0.15) is 16.4 Å². The van der Waals surface area contributed by atoms with E-state index in [1.165, 1.54) is 31.5 Å². The highest BCUT2D eigenvalue weighted by atomic mass is 35.5. The Morgan fingerprint density at radius 1 is 1.12 bits per heavy atom. The van der Waals surface area contributed by atoms with Gasteiger partial charge in [-0.1, -0.05) is 23.2 Å². The Bertz CT molecular complexity index is 915. The van der Waals surface area contributed by atoms with Crippen LogP contribution in [0.15, 0.2) is 46.4 Å². The lowest BCUT2D eigenvalue weighted by Crippen LogP contribution is -2.19. The van der Waals surface area contributed by atoms with Crippen LogP contribution in [-0.2, 0) is 10.0 Å². The summed E-state index contributed by atoms with van der Waals surface area (Å²) in [5.41, 5.74) is 0.604. The maximum Gasteiger partial charge on any atom is 0.280 e. The number of benzene rings is 2. The molecule has 2 aromatic rings. The van der Waals surface area contributed by atoms with Crippen LogP contribution < -0.4 is 14.3 Å². The van der Waals surface area contributed by atoms with E-state index in [0.29, 0.717) is 16.3 Å². The molecule has 9 heteroatoms. The van der Waals surface area contributed by atoms with E-state index in [1.54, 1.807) is 18.2 Å². The molecule has 0 bridgehead atoms. The Hall–Kier alpha value is -1.96. The largest absolute Gasteiger partial charge is 0.495 e. The minimum Gasteiger partial charge on any atom is -0.495 e. The lowest BCUT2D eigenvalue weighted by atomic mass is 10.2. The van der Waals surface area contributed by atoms with Crippen LogP contribution in [-0.4, -0.2) is 27.8 Å². The predicted molar refractivity (Wildman–Crippen MR) is 103 cm³/mol. The van der Waals surface area contributed by atoms with Gasteiger partial charge in [0.2, 0.25) is 0 Å². The Morgan fingerprint density at radius 3 is 2.42 bits per heavy atom. The Kier molecular flexibility index (Phi) is 6.75. The number of rotatable bonds is 7. The second-order valence-corrected chi connectivity index (χ2v) is 7.98. The molecule has 0 saturated carbocycles. The van der Waals surface area contributed by atoms with E-state index >= 15 is 0 Å². The fraction of sp³-hybridized carbons (Fsp3) is 0.235. The average molecular weight is 417 g/mol. The summed E-state index contributed by atoms with van der Waals surface area (Å²) in [6.45, 7) is 3.79. The fourth-order valence-corrected chi connectivity index (χ4v) is 3.49. The molecule has 2 rings (SSSR count). The van der Waals surface area contributed by atoms with Crippen molar-refractivity contribution in [3.63, 3.8) is 0 Å². The van der Waals surface area contributed by atoms with Gasteiger partial charge in [0.25, 0.3) is 10.0 Å². The Balaban J connectivity index is 2.17. The van der Waals surface area contributed by atoms with E-state index in [-0.39, 0.29) is 21.8 Å². The van der Waals surface area contributed by atoms with Crippen LogP contribution >= 0.6 is 23.2 Å². The van der Waals surface area contributed by atoms with Crippen molar-refractivity contribution in [3.8, 4) is 11.5 Å². The summed E-state index contributed by atoms with van der Waals surface area (Å²) in [7, 11) is -2.58. The van der Waals surface area contributed by atoms with Crippen LogP contribution in [0.5, 0.6) is 11.5 Å². The minimum atomic E-state index is -3.94. The first kappa shape index (κ1) is 20.4. The van der Waals surface area contributed by atoms with Gasteiger partial charge in [0.15, 0.2) is 0 Å². The van der Waals surface area contributed by atoms with Crippen LogP contribution in [0.2, 0.25) is 10.0 Å². The molecule has 0 radical (unpaired) electrons. The lowest BCUT2D eigenvalue weighted by molar-refractivity contribution is 0.242. The van der Waals surface area contributed by atoms with Gasteiger partial charge in [-0.3, -0.25) is 0 Å². The van der Waals surface area contributed by atoms with Gasteiger partial charge in [-0.2, -0.15) is 18.4 Å². The molecule has 0 spiro atoms. The molecule has 0 fully saturated rings. The Morgan fingerprint density at radius 2 is 1.81 bits per heavy atom. The monoisotopic (exact) mass is 416 g/mol. The van der Waals surface area contributed by atoms with Gasteiger partial charge in [-0.25, -0.2) is 0 Å². The van der Waals surface area contributed by atoms with Crippen molar-refractivity contribution in [1.29, 1.82) is 0 Å². The molecule has 0 heterocycles. The molecule has 140 valence electrons. The molecule has 1 N–H and O–H groups in total. The predicted octanol–water partition coefficient (Wildman–Crippen LogP) is 4.10. The molecular weight excluding hydrogens is 399 g/mol. The molecule has 2 aromatic carbocycles. The van der Waals surface area contributed by atoms with Crippen molar-refractivity contribution in [2.24, 2.45) is 5.10 Å². The van der Waals surface area contributed by atoms with Crippen molar-refractivity contribution in [3.05, 3.63) is 52.0 Å². The molecular formula is C17H18Cl2N2O4S. The molecule has 0 aliphatic heterocycles. The highest BCUT2D eigenvalue weighted by Crippen LogP contribution is 2.27. The van der Waals surface area contributed by atoms with Gasteiger partial charge < -0.3 is 9.47 Å². The van der Waals surface area contributed by atoms with Crippen molar-refractivity contribution in [1.82, 2.24) is 4.83 Å². The van der Waals surface area contributed by atoms with Gasteiger partial charge in [-0.05, 0) is 55.8 Å². The topological polar surface area (TPSA) is 77.0 Å². The number of methoxy groups -OCH3 is 1. The standard InChI is InChI=1S/C17H18Cl2N2O4S/c1-11(2)25-15-6-4-12(8-14(15)19)10-20-21-26(22,23)17-9-13(18)5-7-16(17)24-3/h4-11,21H,1-3H3/b20-10+. The van der Waals surface area contributed by atoms with E-state index in [0.717, 1.165) is 0 Å². The summed E-state index contributed by atoms with van der Waals surface area (Å²) >= 11 is 12.0. The number of halogens is 2. The van der Waals surface area contributed by atoms with E-state index in [4.69, 9.17) is 32.7 Å². The summed E-state index contributed by atoms with van der Waals surface area (Å²) in [6.07, 6.45) is 1.33. The van der Waals surface area contributed by atoms with Gasteiger partial charge in [0.05, 0.1) is 24.5 Å². The number of hydrogen-bond donors (Lipinski definition) is 1. The zero-order valence-electron chi connectivity index (χ0n) is 14.4. The molecule has 0 saturated heterocycles. The summed E-state index contributed by atoms with van der Waals surface area (Å²) < 4.78 is 35.4. The first-order chi connectivity index (χ1) is 12.2. The average Bonchev–Trinajstić information content (AvgIpc) is 2.57. The minimum absolute atomic E-state index is 0.00787. The first-order valence-electron chi connectivity index (χ1n) is 7.57. The number of nitrogens with zero attached hydrogens (tertiary/aromatic N) is 1. The molecule has 0 aromatic heterocycles. The SMILES string of the molecule is COc1ccc(Cl)cc1S(=O)(=O)N/N=C/c1ccc(OC(C)C)c(Cl)c1. The third kappa shape index (κ3) is 5.27. The van der Waals surface area contributed by atoms with E-state index < -0.39 is 10.0 Å². The van der Waals surface area contributed by atoms with Crippen LogP contribution in [0.4, 0.5) is 0 Å². The number of hydrogen-bond acceptors (Lipinski definition) is 5. The van der Waals surface area contributed by atoms with Gasteiger partial charge in [0, 0.05) is 5.02 Å². The quantitative estimate of drug-likeness (QED) is 0.544. The fourth-order valence-electron chi connectivity index (χ4n) is 2.03. The van der Waals surface area contributed by atoms with E-state index in [9.17, 15) is 8.42 Å². The smallest absolute Gasteiger partial charge is 0.280 e. The first-order valence-corrected chi connectivity index (χ1v) is 9.81.